The highest BCUT2D eigenvalue weighted by Crippen LogP contribution is 2.29. The van der Waals surface area contributed by atoms with Crippen LogP contribution >= 0.6 is 15.9 Å². The minimum Gasteiger partial charge on any atom is -0.480 e. The number of alkyl halides is 1. The van der Waals surface area contributed by atoms with Crippen LogP contribution in [0.25, 0.3) is 0 Å². The molecule has 0 saturated heterocycles. The Morgan fingerprint density at radius 1 is 1.35 bits per heavy atom. The van der Waals surface area contributed by atoms with E-state index in [1.165, 1.54) is 6.07 Å². The maximum atomic E-state index is 11.0. The van der Waals surface area contributed by atoms with Gasteiger partial charge in [0.25, 0.3) is 0 Å². The summed E-state index contributed by atoms with van der Waals surface area (Å²) in [4.78, 5) is 14.9. The maximum absolute atomic E-state index is 11.0. The lowest BCUT2D eigenvalue weighted by Gasteiger charge is -2.07. The number of hydrogen-bond acceptors (Lipinski definition) is 4. The average molecular weight is 337 g/mol. The van der Waals surface area contributed by atoms with E-state index in [0.29, 0.717) is 5.33 Å². The number of ether oxygens (including phenoxy) is 1. The van der Waals surface area contributed by atoms with E-state index in [4.69, 9.17) is 4.74 Å². The molecule has 104 valence electrons. The van der Waals surface area contributed by atoms with Crippen LogP contribution < -0.4 is 4.74 Å². The smallest absolute Gasteiger partial charge is 0.311 e. The van der Waals surface area contributed by atoms with Crippen molar-refractivity contribution in [1.82, 2.24) is 4.98 Å². The van der Waals surface area contributed by atoms with Gasteiger partial charge in [0, 0.05) is 17.1 Å². The second-order valence-corrected chi connectivity index (χ2v) is 4.81. The first-order chi connectivity index (χ1) is 9.60. The minimum atomic E-state index is -0.439. The third-order valence-electron chi connectivity index (χ3n) is 2.70. The predicted molar refractivity (Wildman–Crippen MR) is 79.0 cm³/mol. The van der Waals surface area contributed by atoms with E-state index in [2.05, 4.69) is 20.9 Å². The van der Waals surface area contributed by atoms with E-state index in [1.807, 2.05) is 25.1 Å². The lowest BCUT2D eigenvalue weighted by molar-refractivity contribution is -0.386. The van der Waals surface area contributed by atoms with Gasteiger partial charge in [-0.1, -0.05) is 28.1 Å². The van der Waals surface area contributed by atoms with Gasteiger partial charge in [0.15, 0.2) is 5.75 Å². The van der Waals surface area contributed by atoms with Gasteiger partial charge in [-0.3, -0.25) is 15.1 Å². The highest BCUT2D eigenvalue weighted by molar-refractivity contribution is 9.08. The fourth-order valence-electron chi connectivity index (χ4n) is 1.74. The highest BCUT2D eigenvalue weighted by atomic mass is 79.9. The van der Waals surface area contributed by atoms with Crippen molar-refractivity contribution in [1.29, 1.82) is 0 Å². The molecular formula is C14H13BrN2O3. The molecule has 1 aromatic heterocycles. The predicted octanol–water partition coefficient (Wildman–Crippen LogP) is 3.77. The number of hydrogen-bond donors (Lipinski definition) is 0. The maximum Gasteiger partial charge on any atom is 0.311 e. The molecule has 1 aromatic carbocycles. The van der Waals surface area contributed by atoms with Crippen molar-refractivity contribution in [3.63, 3.8) is 0 Å². The molecule has 0 unspecified atom stereocenters. The van der Waals surface area contributed by atoms with Gasteiger partial charge in [-0.15, -0.1) is 0 Å². The van der Waals surface area contributed by atoms with Crippen LogP contribution in [0.4, 0.5) is 5.69 Å². The Morgan fingerprint density at radius 2 is 2.15 bits per heavy atom. The Balaban J connectivity index is 2.18. The zero-order chi connectivity index (χ0) is 14.5. The third-order valence-corrected chi connectivity index (χ3v) is 3.34. The van der Waals surface area contributed by atoms with E-state index in [-0.39, 0.29) is 18.0 Å². The molecule has 0 radical (unpaired) electrons. The van der Waals surface area contributed by atoms with Crippen LogP contribution in [-0.2, 0) is 11.9 Å². The Bertz CT molecular complexity index is 632. The Kier molecular flexibility index (Phi) is 4.68. The lowest BCUT2D eigenvalue weighted by atomic mass is 10.2. The Morgan fingerprint density at radius 3 is 2.80 bits per heavy atom. The number of pyridine rings is 1. The fourth-order valence-corrected chi connectivity index (χ4v) is 2.09. The molecule has 6 heteroatoms. The highest BCUT2D eigenvalue weighted by Gasteiger charge is 2.16. The second kappa shape index (κ2) is 6.47. The molecule has 2 rings (SSSR count). The standard InChI is InChI=1S/C14H13BrN2O3/c1-10-3-2-4-12(16-10)9-20-14-6-5-11(8-15)7-13(14)17(18)19/h2-7H,8-9H2,1H3. The second-order valence-electron chi connectivity index (χ2n) is 4.25. The summed E-state index contributed by atoms with van der Waals surface area (Å²) in [5.41, 5.74) is 2.42. The SMILES string of the molecule is Cc1cccc(COc2ccc(CBr)cc2[N+](=O)[O-])n1. The molecule has 2 aromatic rings. The quantitative estimate of drug-likeness (QED) is 0.473. The van der Waals surface area contributed by atoms with E-state index >= 15 is 0 Å². The van der Waals surface area contributed by atoms with Gasteiger partial charge < -0.3 is 4.74 Å². The van der Waals surface area contributed by atoms with Crippen LogP contribution in [0, 0.1) is 17.0 Å². The summed E-state index contributed by atoms with van der Waals surface area (Å²) in [5.74, 6) is 0.253. The average Bonchev–Trinajstić information content (AvgIpc) is 2.45. The molecule has 0 aliphatic heterocycles. The van der Waals surface area contributed by atoms with Gasteiger partial charge in [0.05, 0.1) is 10.6 Å². The summed E-state index contributed by atoms with van der Waals surface area (Å²) in [6.45, 7) is 2.09. The first-order valence-corrected chi connectivity index (χ1v) is 7.11. The zero-order valence-corrected chi connectivity index (χ0v) is 12.5. The number of nitrogens with zero attached hydrogens (tertiary/aromatic N) is 2. The van der Waals surface area contributed by atoms with Crippen LogP contribution in [0.5, 0.6) is 5.75 Å². The zero-order valence-electron chi connectivity index (χ0n) is 10.9. The molecule has 0 bridgehead atoms. The van der Waals surface area contributed by atoms with Crippen molar-refractivity contribution in [2.24, 2.45) is 0 Å². The van der Waals surface area contributed by atoms with Gasteiger partial charge in [0.2, 0.25) is 0 Å². The molecule has 0 N–H and O–H groups in total. The van der Waals surface area contributed by atoms with Crippen molar-refractivity contribution < 1.29 is 9.66 Å². The van der Waals surface area contributed by atoms with E-state index < -0.39 is 4.92 Å². The van der Waals surface area contributed by atoms with Crippen LogP contribution in [0.2, 0.25) is 0 Å². The van der Waals surface area contributed by atoms with Crippen LogP contribution in [0.3, 0.4) is 0 Å². The molecule has 0 saturated carbocycles. The van der Waals surface area contributed by atoms with E-state index in [1.54, 1.807) is 12.1 Å². The monoisotopic (exact) mass is 336 g/mol. The van der Waals surface area contributed by atoms with Crippen molar-refractivity contribution in [3.05, 3.63) is 63.5 Å². The van der Waals surface area contributed by atoms with Crippen molar-refractivity contribution in [2.45, 2.75) is 18.9 Å². The minimum absolute atomic E-state index is 0.0328. The first kappa shape index (κ1) is 14.5. The topological polar surface area (TPSA) is 65.3 Å². The van der Waals surface area contributed by atoms with E-state index in [0.717, 1.165) is 17.0 Å². The third kappa shape index (κ3) is 3.54. The first-order valence-electron chi connectivity index (χ1n) is 5.99. The molecule has 1 heterocycles. The summed E-state index contributed by atoms with van der Waals surface area (Å²) in [6.07, 6.45) is 0. The van der Waals surface area contributed by atoms with E-state index in [9.17, 15) is 10.1 Å². The summed E-state index contributed by atoms with van der Waals surface area (Å²) in [6, 6.07) is 10.5. The van der Waals surface area contributed by atoms with Gasteiger partial charge in [0.1, 0.15) is 6.61 Å². The van der Waals surface area contributed by atoms with Crippen molar-refractivity contribution >= 4 is 21.6 Å². The van der Waals surface area contributed by atoms with Crippen molar-refractivity contribution in [3.8, 4) is 5.75 Å². The molecule has 0 amide bonds. The number of aryl methyl sites for hydroxylation is 1. The molecule has 0 aliphatic carbocycles. The molecule has 0 atom stereocenters. The Hall–Kier alpha value is -1.95. The summed E-state index contributed by atoms with van der Waals surface area (Å²) >= 11 is 3.28. The van der Waals surface area contributed by atoms with Gasteiger partial charge in [-0.2, -0.15) is 0 Å². The number of aromatic nitrogens is 1. The summed E-state index contributed by atoms with van der Waals surface area (Å²) in [7, 11) is 0. The summed E-state index contributed by atoms with van der Waals surface area (Å²) in [5, 5.41) is 11.6. The molecular weight excluding hydrogens is 324 g/mol. The number of halogens is 1. The number of nitro groups is 1. The largest absolute Gasteiger partial charge is 0.480 e. The molecule has 20 heavy (non-hydrogen) atoms. The molecule has 0 fully saturated rings. The number of benzene rings is 1. The fraction of sp³-hybridized carbons (Fsp3) is 0.214. The number of nitro benzene ring substituents is 1. The van der Waals surface area contributed by atoms with Crippen LogP contribution in [0.15, 0.2) is 36.4 Å². The molecule has 0 aliphatic rings. The van der Waals surface area contributed by atoms with Gasteiger partial charge in [-0.05, 0) is 30.7 Å². The number of rotatable bonds is 5. The van der Waals surface area contributed by atoms with Gasteiger partial charge in [-0.25, -0.2) is 0 Å². The molecule has 0 spiro atoms. The van der Waals surface area contributed by atoms with Crippen molar-refractivity contribution in [2.75, 3.05) is 0 Å². The lowest BCUT2D eigenvalue weighted by Crippen LogP contribution is -2.02. The van der Waals surface area contributed by atoms with Gasteiger partial charge >= 0.3 is 5.69 Å². The van der Waals surface area contributed by atoms with Crippen LogP contribution in [-0.4, -0.2) is 9.91 Å². The van der Waals surface area contributed by atoms with Crippen LogP contribution in [0.1, 0.15) is 17.0 Å². The Labute approximate surface area is 124 Å². The normalized spacial score (nSPS) is 10.3. The summed E-state index contributed by atoms with van der Waals surface area (Å²) < 4.78 is 5.52. The molecule has 5 nitrogen and oxygen atoms in total.